The summed E-state index contributed by atoms with van der Waals surface area (Å²) in [7, 11) is 0. The van der Waals surface area contributed by atoms with Crippen LogP contribution in [-0.4, -0.2) is 13.1 Å². The number of rotatable bonds is 5. The second-order valence-corrected chi connectivity index (χ2v) is 4.95. The van der Waals surface area contributed by atoms with Gasteiger partial charge in [-0.2, -0.15) is 0 Å². The molecular weight excluding hydrogens is 194 g/mol. The van der Waals surface area contributed by atoms with Gasteiger partial charge in [-0.05, 0) is 49.8 Å². The topological polar surface area (TPSA) is 12.0 Å². The van der Waals surface area contributed by atoms with E-state index in [1.807, 2.05) is 0 Å². The van der Waals surface area contributed by atoms with E-state index in [1.54, 1.807) is 0 Å². The predicted octanol–water partition coefficient (Wildman–Crippen LogP) is 3.25. The number of hydrogen-bond acceptors (Lipinski definition) is 1. The molecule has 0 bridgehead atoms. The van der Waals surface area contributed by atoms with Crippen LogP contribution in [0.15, 0.2) is 30.3 Å². The summed E-state index contributed by atoms with van der Waals surface area (Å²) in [6.07, 6.45) is 5.54. The van der Waals surface area contributed by atoms with Gasteiger partial charge in [-0.1, -0.05) is 43.7 Å². The number of benzene rings is 1. The molecule has 0 spiro atoms. The first-order valence-corrected chi connectivity index (χ1v) is 6.64. The molecular formula is C15H23N. The zero-order chi connectivity index (χ0) is 11.2. The summed E-state index contributed by atoms with van der Waals surface area (Å²) >= 11 is 0. The van der Waals surface area contributed by atoms with Gasteiger partial charge in [0.15, 0.2) is 0 Å². The van der Waals surface area contributed by atoms with E-state index < -0.39 is 0 Å². The molecule has 1 N–H and O–H groups in total. The summed E-state index contributed by atoms with van der Waals surface area (Å²) in [5.74, 6) is 1.81. The molecule has 1 aromatic rings. The van der Waals surface area contributed by atoms with E-state index in [-0.39, 0.29) is 0 Å². The maximum absolute atomic E-state index is 3.51. The maximum atomic E-state index is 3.51. The average Bonchev–Trinajstić information content (AvgIpc) is 2.75. The van der Waals surface area contributed by atoms with Gasteiger partial charge >= 0.3 is 0 Å². The molecule has 16 heavy (non-hydrogen) atoms. The Hall–Kier alpha value is -0.820. The van der Waals surface area contributed by atoms with Crippen LogP contribution in [0, 0.1) is 11.8 Å². The second-order valence-electron chi connectivity index (χ2n) is 4.95. The molecule has 0 saturated heterocycles. The van der Waals surface area contributed by atoms with Gasteiger partial charge in [0.05, 0.1) is 0 Å². The third kappa shape index (κ3) is 3.08. The maximum Gasteiger partial charge on any atom is -0.00179 e. The molecule has 0 amide bonds. The average molecular weight is 217 g/mol. The Morgan fingerprint density at radius 2 is 1.88 bits per heavy atom. The van der Waals surface area contributed by atoms with Crippen LogP contribution in [0.25, 0.3) is 0 Å². The Morgan fingerprint density at radius 1 is 1.12 bits per heavy atom. The van der Waals surface area contributed by atoms with Crippen LogP contribution in [0.4, 0.5) is 0 Å². The zero-order valence-corrected chi connectivity index (χ0v) is 10.3. The van der Waals surface area contributed by atoms with E-state index in [2.05, 4.69) is 42.6 Å². The standard InChI is InChI=1S/C15H23N/c1-2-16-12-15-10-6-9-14(15)11-13-7-4-3-5-8-13/h3-5,7-8,14-16H,2,6,9-12H2,1H3. The van der Waals surface area contributed by atoms with Crippen molar-refractivity contribution >= 4 is 0 Å². The molecule has 0 radical (unpaired) electrons. The van der Waals surface area contributed by atoms with E-state index in [0.717, 1.165) is 18.4 Å². The molecule has 0 heterocycles. The van der Waals surface area contributed by atoms with Gasteiger partial charge < -0.3 is 5.32 Å². The van der Waals surface area contributed by atoms with E-state index in [1.165, 1.54) is 37.8 Å². The van der Waals surface area contributed by atoms with Crippen LogP contribution < -0.4 is 5.32 Å². The first-order chi connectivity index (χ1) is 7.90. The minimum atomic E-state index is 0.903. The molecule has 1 heteroatoms. The third-order valence-corrected chi connectivity index (χ3v) is 3.81. The van der Waals surface area contributed by atoms with Gasteiger partial charge in [0.1, 0.15) is 0 Å². The summed E-state index contributed by atoms with van der Waals surface area (Å²) in [5.41, 5.74) is 1.51. The molecule has 1 saturated carbocycles. The normalized spacial score (nSPS) is 24.8. The largest absolute Gasteiger partial charge is 0.317 e. The Bertz CT molecular complexity index is 294. The summed E-state index contributed by atoms with van der Waals surface area (Å²) in [5, 5.41) is 3.51. The molecule has 0 aromatic heterocycles. The van der Waals surface area contributed by atoms with Crippen molar-refractivity contribution in [2.45, 2.75) is 32.6 Å². The lowest BCUT2D eigenvalue weighted by molar-refractivity contribution is 0.368. The highest BCUT2D eigenvalue weighted by atomic mass is 14.8. The molecule has 2 atom stereocenters. The highest BCUT2D eigenvalue weighted by Gasteiger charge is 2.26. The minimum absolute atomic E-state index is 0.903. The molecule has 1 aliphatic carbocycles. The molecule has 2 rings (SSSR count). The summed E-state index contributed by atoms with van der Waals surface area (Å²) in [6, 6.07) is 11.0. The van der Waals surface area contributed by atoms with Crippen molar-refractivity contribution in [3.05, 3.63) is 35.9 Å². The van der Waals surface area contributed by atoms with Gasteiger partial charge in [-0.25, -0.2) is 0 Å². The van der Waals surface area contributed by atoms with Crippen molar-refractivity contribution in [1.29, 1.82) is 0 Å². The van der Waals surface area contributed by atoms with Gasteiger partial charge in [0.2, 0.25) is 0 Å². The first kappa shape index (κ1) is 11.7. The lowest BCUT2D eigenvalue weighted by Gasteiger charge is -2.19. The van der Waals surface area contributed by atoms with Crippen molar-refractivity contribution < 1.29 is 0 Å². The first-order valence-electron chi connectivity index (χ1n) is 6.64. The smallest absolute Gasteiger partial charge is 0.00179 e. The van der Waals surface area contributed by atoms with Gasteiger partial charge in [-0.3, -0.25) is 0 Å². The van der Waals surface area contributed by atoms with E-state index in [9.17, 15) is 0 Å². The van der Waals surface area contributed by atoms with Crippen LogP contribution in [0.2, 0.25) is 0 Å². The highest BCUT2D eigenvalue weighted by Crippen LogP contribution is 2.33. The van der Waals surface area contributed by atoms with Crippen molar-refractivity contribution in [2.75, 3.05) is 13.1 Å². The van der Waals surface area contributed by atoms with Crippen LogP contribution in [0.1, 0.15) is 31.7 Å². The van der Waals surface area contributed by atoms with Crippen molar-refractivity contribution in [2.24, 2.45) is 11.8 Å². The Labute approximate surface area is 99.3 Å². The van der Waals surface area contributed by atoms with Crippen LogP contribution >= 0.6 is 0 Å². The quantitative estimate of drug-likeness (QED) is 0.798. The van der Waals surface area contributed by atoms with Gasteiger partial charge in [0.25, 0.3) is 0 Å². The summed E-state index contributed by atoms with van der Waals surface area (Å²) in [4.78, 5) is 0. The number of hydrogen-bond donors (Lipinski definition) is 1. The van der Waals surface area contributed by atoms with Crippen molar-refractivity contribution in [3.63, 3.8) is 0 Å². The fraction of sp³-hybridized carbons (Fsp3) is 0.600. The molecule has 0 aliphatic heterocycles. The van der Waals surface area contributed by atoms with Gasteiger partial charge in [0, 0.05) is 0 Å². The van der Waals surface area contributed by atoms with Crippen LogP contribution in [0.5, 0.6) is 0 Å². The molecule has 1 aromatic carbocycles. The Kier molecular flexibility index (Phi) is 4.41. The van der Waals surface area contributed by atoms with E-state index in [4.69, 9.17) is 0 Å². The monoisotopic (exact) mass is 217 g/mol. The van der Waals surface area contributed by atoms with E-state index >= 15 is 0 Å². The summed E-state index contributed by atoms with van der Waals surface area (Å²) < 4.78 is 0. The zero-order valence-electron chi connectivity index (χ0n) is 10.3. The van der Waals surface area contributed by atoms with Crippen molar-refractivity contribution in [3.8, 4) is 0 Å². The lowest BCUT2D eigenvalue weighted by atomic mass is 9.89. The minimum Gasteiger partial charge on any atom is -0.317 e. The predicted molar refractivity (Wildman–Crippen MR) is 69.5 cm³/mol. The third-order valence-electron chi connectivity index (χ3n) is 3.81. The highest BCUT2D eigenvalue weighted by molar-refractivity contribution is 5.15. The lowest BCUT2D eigenvalue weighted by Crippen LogP contribution is -2.25. The van der Waals surface area contributed by atoms with Crippen LogP contribution in [0.3, 0.4) is 0 Å². The van der Waals surface area contributed by atoms with E-state index in [0.29, 0.717) is 0 Å². The SMILES string of the molecule is CCNCC1CCCC1Cc1ccccc1. The Morgan fingerprint density at radius 3 is 2.62 bits per heavy atom. The van der Waals surface area contributed by atoms with Gasteiger partial charge in [-0.15, -0.1) is 0 Å². The molecule has 1 fully saturated rings. The molecule has 1 aliphatic rings. The fourth-order valence-corrected chi connectivity index (χ4v) is 2.90. The molecule has 2 unspecified atom stereocenters. The molecule has 1 nitrogen and oxygen atoms in total. The summed E-state index contributed by atoms with van der Waals surface area (Å²) in [6.45, 7) is 4.52. The molecule has 88 valence electrons. The second kappa shape index (κ2) is 6.05. The fourth-order valence-electron chi connectivity index (χ4n) is 2.90. The number of nitrogens with one attached hydrogen (secondary N) is 1. The van der Waals surface area contributed by atoms with Crippen molar-refractivity contribution in [1.82, 2.24) is 5.32 Å². The Balaban J connectivity index is 1.88. The van der Waals surface area contributed by atoms with Crippen LogP contribution in [-0.2, 0) is 6.42 Å².